The van der Waals surface area contributed by atoms with E-state index in [-0.39, 0.29) is 0 Å². The zero-order valence-corrected chi connectivity index (χ0v) is 10.1. The number of aromatic nitrogens is 1. The number of benzene rings is 1. The van der Waals surface area contributed by atoms with Crippen molar-refractivity contribution >= 4 is 17.2 Å². The molecule has 0 bridgehead atoms. The molecule has 0 spiro atoms. The number of carbonyl (C=O) groups excluding carboxylic acids is 1. The summed E-state index contributed by atoms with van der Waals surface area (Å²) in [6.07, 6.45) is 1.43. The van der Waals surface area contributed by atoms with Gasteiger partial charge in [-0.15, -0.1) is 0 Å². The predicted molar refractivity (Wildman–Crippen MR) is 69.9 cm³/mol. The molecule has 18 heavy (non-hydrogen) atoms. The van der Waals surface area contributed by atoms with Crippen molar-refractivity contribution in [3.63, 3.8) is 0 Å². The van der Waals surface area contributed by atoms with Gasteiger partial charge in [0.2, 0.25) is 0 Å². The van der Waals surface area contributed by atoms with Crippen LogP contribution < -0.4 is 0 Å². The van der Waals surface area contributed by atoms with Crippen LogP contribution in [0.2, 0.25) is 0 Å². The fourth-order valence-corrected chi connectivity index (χ4v) is 2.29. The standard InChI is InChI=1S/C15H13NO2/c1-10-14(8-11-6-7-12(9-17)18-11)13-4-2-3-5-15(13)16-10/h2-7,9,16H,8H2,1H3. The minimum absolute atomic E-state index is 0.377. The summed E-state index contributed by atoms with van der Waals surface area (Å²) in [5.41, 5.74) is 3.49. The van der Waals surface area contributed by atoms with E-state index >= 15 is 0 Å². The SMILES string of the molecule is Cc1[nH]c2ccccc2c1Cc1ccc(C=O)o1. The Morgan fingerprint density at radius 3 is 2.83 bits per heavy atom. The monoisotopic (exact) mass is 239 g/mol. The van der Waals surface area contributed by atoms with Crippen molar-refractivity contribution in [2.75, 3.05) is 0 Å². The summed E-state index contributed by atoms with van der Waals surface area (Å²) < 4.78 is 5.43. The molecule has 3 heteroatoms. The zero-order chi connectivity index (χ0) is 12.5. The van der Waals surface area contributed by atoms with Crippen LogP contribution in [0.25, 0.3) is 10.9 Å². The van der Waals surface area contributed by atoms with Crippen molar-refractivity contribution in [2.45, 2.75) is 13.3 Å². The summed E-state index contributed by atoms with van der Waals surface area (Å²) in [7, 11) is 0. The molecular weight excluding hydrogens is 226 g/mol. The van der Waals surface area contributed by atoms with Gasteiger partial charge >= 0.3 is 0 Å². The number of nitrogens with one attached hydrogen (secondary N) is 1. The van der Waals surface area contributed by atoms with E-state index < -0.39 is 0 Å². The number of aryl methyl sites for hydroxylation is 1. The lowest BCUT2D eigenvalue weighted by Gasteiger charge is -1.98. The molecule has 3 aromatic rings. The second kappa shape index (κ2) is 4.18. The summed E-state index contributed by atoms with van der Waals surface area (Å²) >= 11 is 0. The van der Waals surface area contributed by atoms with Gasteiger partial charge in [0.1, 0.15) is 5.76 Å². The van der Waals surface area contributed by atoms with Gasteiger partial charge in [0.15, 0.2) is 12.0 Å². The molecule has 0 saturated heterocycles. The number of rotatable bonds is 3. The average Bonchev–Trinajstić information content (AvgIpc) is 2.96. The Morgan fingerprint density at radius 1 is 1.22 bits per heavy atom. The molecule has 2 aromatic heterocycles. The lowest BCUT2D eigenvalue weighted by Crippen LogP contribution is -1.87. The van der Waals surface area contributed by atoms with Gasteiger partial charge in [-0.25, -0.2) is 0 Å². The Hall–Kier alpha value is -2.29. The molecule has 0 aliphatic carbocycles. The fraction of sp³-hybridized carbons (Fsp3) is 0.133. The normalized spacial score (nSPS) is 10.9. The smallest absolute Gasteiger partial charge is 0.185 e. The summed E-state index contributed by atoms with van der Waals surface area (Å²) in [6.45, 7) is 2.05. The molecular formula is C15H13NO2. The van der Waals surface area contributed by atoms with Crippen LogP contribution in [0.3, 0.4) is 0 Å². The van der Waals surface area contributed by atoms with Gasteiger partial charge < -0.3 is 9.40 Å². The highest BCUT2D eigenvalue weighted by atomic mass is 16.3. The molecule has 0 radical (unpaired) electrons. The first kappa shape index (κ1) is 10.8. The Labute approximate surface area is 104 Å². The van der Waals surface area contributed by atoms with Crippen LogP contribution in [0.4, 0.5) is 0 Å². The molecule has 0 amide bonds. The lowest BCUT2D eigenvalue weighted by molar-refractivity contribution is 0.109. The maximum atomic E-state index is 10.6. The van der Waals surface area contributed by atoms with Crippen molar-refractivity contribution in [1.29, 1.82) is 0 Å². The maximum Gasteiger partial charge on any atom is 0.185 e. The Morgan fingerprint density at radius 2 is 2.06 bits per heavy atom. The summed E-state index contributed by atoms with van der Waals surface area (Å²) in [5, 5.41) is 1.21. The molecule has 0 fully saturated rings. The number of hydrogen-bond donors (Lipinski definition) is 1. The van der Waals surface area contributed by atoms with E-state index in [0.29, 0.717) is 12.2 Å². The van der Waals surface area contributed by atoms with Gasteiger partial charge in [-0.1, -0.05) is 18.2 Å². The van der Waals surface area contributed by atoms with E-state index in [0.717, 1.165) is 23.3 Å². The molecule has 1 aromatic carbocycles. The van der Waals surface area contributed by atoms with Gasteiger partial charge in [-0.2, -0.15) is 0 Å². The number of para-hydroxylation sites is 1. The van der Waals surface area contributed by atoms with Crippen LogP contribution in [0.5, 0.6) is 0 Å². The van der Waals surface area contributed by atoms with E-state index in [9.17, 15) is 4.79 Å². The van der Waals surface area contributed by atoms with Crippen LogP contribution >= 0.6 is 0 Å². The summed E-state index contributed by atoms with van der Waals surface area (Å²) in [6, 6.07) is 11.7. The number of aromatic amines is 1. The number of hydrogen-bond acceptors (Lipinski definition) is 2. The van der Waals surface area contributed by atoms with Crippen LogP contribution in [-0.4, -0.2) is 11.3 Å². The van der Waals surface area contributed by atoms with Crippen LogP contribution in [-0.2, 0) is 6.42 Å². The van der Waals surface area contributed by atoms with Crippen molar-refractivity contribution in [3.05, 3.63) is 59.2 Å². The van der Waals surface area contributed by atoms with Gasteiger partial charge in [0.05, 0.1) is 0 Å². The first-order chi connectivity index (χ1) is 8.78. The zero-order valence-electron chi connectivity index (χ0n) is 10.1. The van der Waals surface area contributed by atoms with Gasteiger partial charge in [0.25, 0.3) is 0 Å². The third-order valence-electron chi connectivity index (χ3n) is 3.18. The molecule has 2 heterocycles. The molecule has 0 atom stereocenters. The molecule has 0 unspecified atom stereocenters. The summed E-state index contributed by atoms with van der Waals surface area (Å²) in [4.78, 5) is 14.0. The maximum absolute atomic E-state index is 10.6. The largest absolute Gasteiger partial charge is 0.458 e. The first-order valence-electron chi connectivity index (χ1n) is 5.88. The minimum Gasteiger partial charge on any atom is -0.458 e. The number of carbonyl (C=O) groups is 1. The van der Waals surface area contributed by atoms with E-state index in [1.54, 1.807) is 6.07 Å². The van der Waals surface area contributed by atoms with E-state index in [4.69, 9.17) is 4.42 Å². The van der Waals surface area contributed by atoms with Crippen molar-refractivity contribution in [1.82, 2.24) is 4.98 Å². The predicted octanol–water partition coefficient (Wildman–Crippen LogP) is 3.47. The van der Waals surface area contributed by atoms with Crippen LogP contribution in [0.15, 0.2) is 40.8 Å². The average molecular weight is 239 g/mol. The van der Waals surface area contributed by atoms with E-state index in [1.807, 2.05) is 18.2 Å². The fourth-order valence-electron chi connectivity index (χ4n) is 2.29. The van der Waals surface area contributed by atoms with Crippen LogP contribution in [0, 0.1) is 6.92 Å². The first-order valence-corrected chi connectivity index (χ1v) is 5.88. The number of furan rings is 1. The molecule has 0 aliphatic rings. The van der Waals surface area contributed by atoms with Gasteiger partial charge in [-0.05, 0) is 30.7 Å². The van der Waals surface area contributed by atoms with Gasteiger partial charge in [-0.3, -0.25) is 4.79 Å². The second-order valence-electron chi connectivity index (χ2n) is 4.37. The molecule has 0 saturated carbocycles. The minimum atomic E-state index is 0.377. The molecule has 3 rings (SSSR count). The van der Waals surface area contributed by atoms with E-state index in [1.165, 1.54) is 10.9 Å². The van der Waals surface area contributed by atoms with E-state index in [2.05, 4.69) is 24.0 Å². The third-order valence-corrected chi connectivity index (χ3v) is 3.18. The number of fused-ring (bicyclic) bond motifs is 1. The van der Waals surface area contributed by atoms with Crippen molar-refractivity contribution < 1.29 is 9.21 Å². The highest BCUT2D eigenvalue weighted by Gasteiger charge is 2.10. The number of H-pyrrole nitrogens is 1. The van der Waals surface area contributed by atoms with Crippen molar-refractivity contribution in [3.8, 4) is 0 Å². The Bertz CT molecular complexity index is 706. The number of aldehydes is 1. The molecule has 0 aliphatic heterocycles. The molecule has 3 nitrogen and oxygen atoms in total. The summed E-state index contributed by atoms with van der Waals surface area (Å²) in [5.74, 6) is 1.19. The van der Waals surface area contributed by atoms with Crippen molar-refractivity contribution in [2.24, 2.45) is 0 Å². The topological polar surface area (TPSA) is 46.0 Å². The highest BCUT2D eigenvalue weighted by Crippen LogP contribution is 2.24. The molecule has 1 N–H and O–H groups in total. The Kier molecular flexibility index (Phi) is 2.52. The van der Waals surface area contributed by atoms with Crippen LogP contribution in [0.1, 0.15) is 27.6 Å². The quantitative estimate of drug-likeness (QED) is 0.711. The lowest BCUT2D eigenvalue weighted by atomic mass is 10.1. The van der Waals surface area contributed by atoms with Gasteiger partial charge in [0, 0.05) is 23.0 Å². The second-order valence-corrected chi connectivity index (χ2v) is 4.37. The highest BCUT2D eigenvalue weighted by molar-refractivity contribution is 5.84. The molecule has 90 valence electrons. The third kappa shape index (κ3) is 1.74. The Balaban J connectivity index is 2.03.